The minimum atomic E-state index is -0.964. The van der Waals surface area contributed by atoms with Gasteiger partial charge in [-0.1, -0.05) is 57.1 Å². The van der Waals surface area contributed by atoms with Gasteiger partial charge in [0.25, 0.3) is 0 Å². The predicted molar refractivity (Wildman–Crippen MR) is 79.4 cm³/mol. The van der Waals surface area contributed by atoms with E-state index < -0.39 is 14.8 Å². The number of carbonyl (C=O) groups is 1. The molecule has 0 aliphatic carbocycles. The Hall–Kier alpha value is -1.09. The molecule has 100 valence electrons. The van der Waals surface area contributed by atoms with Crippen LogP contribution in [0.5, 0.6) is 0 Å². The van der Waals surface area contributed by atoms with Crippen LogP contribution in [0.4, 0.5) is 0 Å². The molecule has 0 atom stereocenters. The van der Waals surface area contributed by atoms with Crippen molar-refractivity contribution >= 4 is 20.0 Å². The highest BCUT2D eigenvalue weighted by atomic mass is 28.3. The van der Waals surface area contributed by atoms with Gasteiger partial charge < -0.3 is 5.11 Å². The first kappa shape index (κ1) is 15.0. The third-order valence-electron chi connectivity index (χ3n) is 3.40. The quantitative estimate of drug-likeness (QED) is 0.802. The molecule has 1 aromatic rings. The highest BCUT2D eigenvalue weighted by molar-refractivity contribution is 6.75. The van der Waals surface area contributed by atoms with Gasteiger partial charge in [0.2, 0.25) is 0 Å². The summed E-state index contributed by atoms with van der Waals surface area (Å²) in [5.41, 5.74) is 2.63. The summed E-state index contributed by atoms with van der Waals surface area (Å²) < 4.78 is 0. The van der Waals surface area contributed by atoms with Crippen molar-refractivity contribution in [2.24, 2.45) is 0 Å². The number of carboxylic acid groups (broad SMARTS) is 1. The molecule has 0 fully saturated rings. The topological polar surface area (TPSA) is 37.3 Å². The van der Waals surface area contributed by atoms with Crippen LogP contribution in [0.25, 0.3) is 0 Å². The fourth-order valence-electron chi connectivity index (χ4n) is 2.75. The Morgan fingerprint density at radius 1 is 1.22 bits per heavy atom. The van der Waals surface area contributed by atoms with Crippen molar-refractivity contribution in [3.63, 3.8) is 0 Å². The van der Waals surface area contributed by atoms with Gasteiger partial charge in [0.1, 0.15) is 0 Å². The van der Waals surface area contributed by atoms with Gasteiger partial charge in [-0.3, -0.25) is 4.79 Å². The maximum atomic E-state index is 10.6. The fourth-order valence-corrected chi connectivity index (χ4v) is 6.57. The van der Waals surface area contributed by atoms with Gasteiger partial charge in [-0.25, -0.2) is 0 Å². The van der Waals surface area contributed by atoms with Gasteiger partial charge in [0.15, 0.2) is 0 Å². The normalized spacial score (nSPS) is 11.5. The standard InChI is InChI=1S/C15H24O2Si/c1-11(2)18(12(3)4)14-7-5-6-13(10-14)8-9-15(16)17/h5-7,10-12,18H,8-9H2,1-4H3,(H,16,17). The molecular weight excluding hydrogens is 240 g/mol. The van der Waals surface area contributed by atoms with E-state index in [1.165, 1.54) is 5.19 Å². The summed E-state index contributed by atoms with van der Waals surface area (Å²) in [6.07, 6.45) is 0.861. The lowest BCUT2D eigenvalue weighted by Crippen LogP contribution is -2.36. The number of benzene rings is 1. The Bertz CT molecular complexity index is 391. The highest BCUT2D eigenvalue weighted by Crippen LogP contribution is 2.20. The van der Waals surface area contributed by atoms with Gasteiger partial charge in [-0.05, 0) is 23.1 Å². The van der Waals surface area contributed by atoms with Crippen molar-refractivity contribution in [1.82, 2.24) is 0 Å². The molecule has 2 nitrogen and oxygen atoms in total. The molecule has 0 aromatic heterocycles. The van der Waals surface area contributed by atoms with Crippen molar-refractivity contribution in [3.8, 4) is 0 Å². The third kappa shape index (κ3) is 4.30. The van der Waals surface area contributed by atoms with Gasteiger partial charge >= 0.3 is 5.97 Å². The number of rotatable bonds is 6. The molecule has 3 heteroatoms. The summed E-state index contributed by atoms with van der Waals surface area (Å²) in [5, 5.41) is 10.2. The molecule has 1 aromatic carbocycles. The first-order chi connectivity index (χ1) is 8.41. The monoisotopic (exact) mass is 264 g/mol. The second-order valence-corrected chi connectivity index (χ2v) is 10.0. The van der Waals surface area contributed by atoms with E-state index in [1.807, 2.05) is 6.07 Å². The lowest BCUT2D eigenvalue weighted by molar-refractivity contribution is -0.136. The zero-order chi connectivity index (χ0) is 13.7. The zero-order valence-corrected chi connectivity index (χ0v) is 13.0. The number of aliphatic carboxylic acids is 1. The van der Waals surface area contributed by atoms with Crippen molar-refractivity contribution in [2.45, 2.75) is 51.6 Å². The number of aryl methyl sites for hydroxylation is 1. The Morgan fingerprint density at radius 3 is 2.33 bits per heavy atom. The van der Waals surface area contributed by atoms with Crippen LogP contribution in [0, 0.1) is 0 Å². The van der Waals surface area contributed by atoms with Crippen molar-refractivity contribution in [2.75, 3.05) is 0 Å². The lowest BCUT2D eigenvalue weighted by Gasteiger charge is -2.24. The Morgan fingerprint density at radius 2 is 1.83 bits per heavy atom. The maximum absolute atomic E-state index is 10.6. The molecular formula is C15H24O2Si. The molecule has 1 N–H and O–H groups in total. The molecule has 0 heterocycles. The number of hydrogen-bond donors (Lipinski definition) is 1. The summed E-state index contributed by atoms with van der Waals surface area (Å²) in [4.78, 5) is 10.6. The smallest absolute Gasteiger partial charge is 0.303 e. The van der Waals surface area contributed by atoms with Crippen molar-refractivity contribution < 1.29 is 9.90 Å². The summed E-state index contributed by atoms with van der Waals surface area (Å²) in [6.45, 7) is 9.23. The molecule has 0 amide bonds. The van der Waals surface area contributed by atoms with E-state index >= 15 is 0 Å². The van der Waals surface area contributed by atoms with E-state index in [4.69, 9.17) is 5.11 Å². The minimum Gasteiger partial charge on any atom is -0.481 e. The van der Waals surface area contributed by atoms with E-state index in [-0.39, 0.29) is 6.42 Å². The lowest BCUT2D eigenvalue weighted by atomic mass is 10.1. The molecule has 0 bridgehead atoms. The SMILES string of the molecule is CC(C)[SiH](c1cccc(CCC(=O)O)c1)C(C)C. The molecule has 0 spiro atoms. The van der Waals surface area contributed by atoms with E-state index in [0.29, 0.717) is 6.42 Å². The Labute approximate surface area is 112 Å². The van der Waals surface area contributed by atoms with Crippen LogP contribution in [0.3, 0.4) is 0 Å². The van der Waals surface area contributed by atoms with E-state index in [1.54, 1.807) is 0 Å². The molecule has 0 aliphatic heterocycles. The molecule has 1 rings (SSSR count). The van der Waals surface area contributed by atoms with Gasteiger partial charge in [-0.15, -0.1) is 0 Å². The van der Waals surface area contributed by atoms with Gasteiger partial charge in [0.05, 0.1) is 8.80 Å². The molecule has 0 radical (unpaired) electrons. The molecule has 0 saturated carbocycles. The van der Waals surface area contributed by atoms with Crippen molar-refractivity contribution in [1.29, 1.82) is 0 Å². The van der Waals surface area contributed by atoms with Crippen LogP contribution in [-0.2, 0) is 11.2 Å². The second-order valence-electron chi connectivity index (χ2n) is 5.65. The third-order valence-corrected chi connectivity index (χ3v) is 7.40. The molecule has 0 saturated heterocycles. The largest absolute Gasteiger partial charge is 0.481 e. The van der Waals surface area contributed by atoms with Crippen LogP contribution in [0.15, 0.2) is 24.3 Å². The summed E-state index contributed by atoms with van der Waals surface area (Å²) in [6, 6.07) is 8.58. The molecule has 0 unspecified atom stereocenters. The van der Waals surface area contributed by atoms with Crippen LogP contribution in [-0.4, -0.2) is 19.9 Å². The Balaban J connectivity index is 2.89. The van der Waals surface area contributed by atoms with Crippen LogP contribution in [0.1, 0.15) is 39.7 Å². The predicted octanol–water partition coefficient (Wildman–Crippen LogP) is 2.96. The van der Waals surface area contributed by atoms with Crippen LogP contribution in [0.2, 0.25) is 11.1 Å². The van der Waals surface area contributed by atoms with E-state index in [2.05, 4.69) is 45.9 Å². The van der Waals surface area contributed by atoms with Gasteiger partial charge in [0, 0.05) is 6.42 Å². The molecule has 0 aliphatic rings. The average Bonchev–Trinajstić information content (AvgIpc) is 2.26. The molecule has 18 heavy (non-hydrogen) atoms. The average molecular weight is 264 g/mol. The summed E-state index contributed by atoms with van der Waals surface area (Å²) in [5.74, 6) is -0.720. The first-order valence-electron chi connectivity index (χ1n) is 6.72. The van der Waals surface area contributed by atoms with E-state index in [0.717, 1.165) is 16.6 Å². The van der Waals surface area contributed by atoms with Crippen LogP contribution >= 0.6 is 0 Å². The minimum absolute atomic E-state index is 0.221. The van der Waals surface area contributed by atoms with E-state index in [9.17, 15) is 4.79 Å². The highest BCUT2D eigenvalue weighted by Gasteiger charge is 2.21. The number of hydrogen-bond acceptors (Lipinski definition) is 1. The fraction of sp³-hybridized carbons (Fsp3) is 0.533. The van der Waals surface area contributed by atoms with Crippen LogP contribution < -0.4 is 5.19 Å². The zero-order valence-electron chi connectivity index (χ0n) is 11.8. The Kier molecular flexibility index (Phi) is 5.60. The maximum Gasteiger partial charge on any atom is 0.303 e. The first-order valence-corrected chi connectivity index (χ1v) is 8.63. The summed E-state index contributed by atoms with van der Waals surface area (Å²) >= 11 is 0. The number of carboxylic acids is 1. The van der Waals surface area contributed by atoms with Gasteiger partial charge in [-0.2, -0.15) is 0 Å². The van der Waals surface area contributed by atoms with Crippen molar-refractivity contribution in [3.05, 3.63) is 29.8 Å². The summed E-state index contributed by atoms with van der Waals surface area (Å²) in [7, 11) is -0.964. The second kappa shape index (κ2) is 6.74.